The molecule has 0 unspecified atom stereocenters. The van der Waals surface area contributed by atoms with Gasteiger partial charge in [-0.05, 0) is 54.3 Å². The summed E-state index contributed by atoms with van der Waals surface area (Å²) in [6.45, 7) is 1.47. The van der Waals surface area contributed by atoms with E-state index >= 15 is 0 Å². The summed E-state index contributed by atoms with van der Waals surface area (Å²) in [6, 6.07) is 11.9. The second-order valence-corrected chi connectivity index (χ2v) is 8.10. The Balaban J connectivity index is 1.27. The molecule has 0 radical (unpaired) electrons. The number of rotatable bonds is 7. The number of nitrogens with zero attached hydrogens (tertiary/aromatic N) is 1. The molecule has 0 saturated carbocycles. The van der Waals surface area contributed by atoms with Crippen LogP contribution in [0.3, 0.4) is 0 Å². The molecule has 2 heterocycles. The normalized spacial score (nSPS) is 16.4. The number of aromatic nitrogens is 1. The van der Waals surface area contributed by atoms with Crippen LogP contribution < -0.4 is 5.32 Å². The number of hydrogen-bond acceptors (Lipinski definition) is 2. The van der Waals surface area contributed by atoms with E-state index in [2.05, 4.69) is 10.3 Å². The van der Waals surface area contributed by atoms with Gasteiger partial charge in [-0.1, -0.05) is 23.7 Å². The average Bonchev–Trinajstić information content (AvgIpc) is 3.30. The Bertz CT molecular complexity index is 1060. The minimum atomic E-state index is -0.330. The second-order valence-electron chi connectivity index (χ2n) is 7.66. The van der Waals surface area contributed by atoms with E-state index < -0.39 is 0 Å². The summed E-state index contributed by atoms with van der Waals surface area (Å²) < 4.78 is 12.9. The highest BCUT2D eigenvalue weighted by atomic mass is 35.5. The van der Waals surface area contributed by atoms with Crippen LogP contribution in [0.5, 0.6) is 0 Å². The van der Waals surface area contributed by atoms with Crippen molar-refractivity contribution in [2.45, 2.75) is 19.3 Å². The first-order chi connectivity index (χ1) is 14.5. The van der Waals surface area contributed by atoms with Crippen LogP contribution in [-0.4, -0.2) is 41.3 Å². The first-order valence-electron chi connectivity index (χ1n) is 10.0. The van der Waals surface area contributed by atoms with Gasteiger partial charge in [0.05, 0.1) is 5.92 Å². The number of aromatic amines is 1. The number of fused-ring (bicyclic) bond motifs is 1. The minimum Gasteiger partial charge on any atom is -0.361 e. The van der Waals surface area contributed by atoms with Crippen molar-refractivity contribution in [2.24, 2.45) is 5.92 Å². The van der Waals surface area contributed by atoms with Gasteiger partial charge in [-0.15, -0.1) is 0 Å². The van der Waals surface area contributed by atoms with Crippen molar-refractivity contribution in [3.8, 4) is 0 Å². The molecule has 1 aliphatic heterocycles. The summed E-state index contributed by atoms with van der Waals surface area (Å²) in [5.41, 5.74) is 3.08. The van der Waals surface area contributed by atoms with Gasteiger partial charge < -0.3 is 15.2 Å². The number of hydrogen-bond donors (Lipinski definition) is 2. The zero-order chi connectivity index (χ0) is 21.1. The van der Waals surface area contributed by atoms with Crippen LogP contribution in [0.15, 0.2) is 48.7 Å². The fourth-order valence-corrected chi connectivity index (χ4v) is 4.07. The van der Waals surface area contributed by atoms with Gasteiger partial charge in [0.15, 0.2) is 0 Å². The van der Waals surface area contributed by atoms with Gasteiger partial charge >= 0.3 is 0 Å². The van der Waals surface area contributed by atoms with Crippen LogP contribution in [0.4, 0.5) is 4.39 Å². The van der Waals surface area contributed by atoms with Crippen LogP contribution in [-0.2, 0) is 22.4 Å². The van der Waals surface area contributed by atoms with Gasteiger partial charge in [0.2, 0.25) is 11.8 Å². The molecule has 7 heteroatoms. The molecule has 1 aliphatic rings. The number of H-pyrrole nitrogens is 1. The lowest BCUT2D eigenvalue weighted by Crippen LogP contribution is -2.34. The van der Waals surface area contributed by atoms with Crippen LogP contribution in [0, 0.1) is 11.7 Å². The van der Waals surface area contributed by atoms with Crippen molar-refractivity contribution >= 4 is 34.3 Å². The van der Waals surface area contributed by atoms with Crippen LogP contribution in [0.25, 0.3) is 10.9 Å². The fraction of sp³-hybridized carbons (Fsp3) is 0.304. The van der Waals surface area contributed by atoms with Crippen molar-refractivity contribution in [2.75, 3.05) is 19.6 Å². The molecule has 1 aromatic heterocycles. The lowest BCUT2D eigenvalue weighted by Gasteiger charge is -2.16. The molecule has 1 atom stereocenters. The molecule has 0 spiro atoms. The summed E-state index contributed by atoms with van der Waals surface area (Å²) in [4.78, 5) is 29.8. The summed E-state index contributed by atoms with van der Waals surface area (Å²) >= 11 is 6.10. The maximum Gasteiger partial charge on any atom is 0.225 e. The molecule has 0 bridgehead atoms. The van der Waals surface area contributed by atoms with Crippen molar-refractivity contribution in [3.05, 3.63) is 70.6 Å². The maximum atomic E-state index is 12.9. The summed E-state index contributed by atoms with van der Waals surface area (Å²) in [5, 5.41) is 4.64. The Kier molecular flexibility index (Phi) is 6.04. The fourth-order valence-electron chi connectivity index (χ4n) is 3.90. The number of amides is 2. The lowest BCUT2D eigenvalue weighted by atomic mass is 10.1. The third-order valence-corrected chi connectivity index (χ3v) is 5.83. The van der Waals surface area contributed by atoms with E-state index in [9.17, 15) is 14.0 Å². The predicted octanol–water partition coefficient (Wildman–Crippen LogP) is 3.71. The van der Waals surface area contributed by atoms with Crippen molar-refractivity contribution in [1.82, 2.24) is 15.2 Å². The van der Waals surface area contributed by atoms with Gasteiger partial charge in [0.1, 0.15) is 5.82 Å². The molecule has 156 valence electrons. The van der Waals surface area contributed by atoms with Gasteiger partial charge in [-0.2, -0.15) is 0 Å². The third kappa shape index (κ3) is 4.65. The van der Waals surface area contributed by atoms with Gasteiger partial charge in [0, 0.05) is 48.2 Å². The van der Waals surface area contributed by atoms with E-state index in [0.29, 0.717) is 37.5 Å². The Morgan fingerprint density at radius 3 is 2.80 bits per heavy atom. The maximum absolute atomic E-state index is 12.9. The third-order valence-electron chi connectivity index (χ3n) is 5.59. The summed E-state index contributed by atoms with van der Waals surface area (Å²) in [7, 11) is 0. The summed E-state index contributed by atoms with van der Waals surface area (Å²) in [5.74, 6) is -0.704. The van der Waals surface area contributed by atoms with E-state index in [-0.39, 0.29) is 30.0 Å². The number of likely N-dealkylation sites (tertiary alicyclic amines) is 1. The van der Waals surface area contributed by atoms with Crippen molar-refractivity contribution < 1.29 is 14.0 Å². The van der Waals surface area contributed by atoms with Gasteiger partial charge in [-0.25, -0.2) is 4.39 Å². The zero-order valence-electron chi connectivity index (χ0n) is 16.5. The summed E-state index contributed by atoms with van der Waals surface area (Å²) in [6.07, 6.45) is 3.51. The molecular weight excluding hydrogens is 405 g/mol. The van der Waals surface area contributed by atoms with Crippen molar-refractivity contribution in [1.29, 1.82) is 0 Å². The van der Waals surface area contributed by atoms with Crippen LogP contribution in [0.1, 0.15) is 17.5 Å². The number of benzene rings is 2. The minimum absolute atomic E-state index is 0.00607. The molecule has 4 rings (SSSR count). The highest BCUT2D eigenvalue weighted by Gasteiger charge is 2.33. The standard InChI is InChI=1S/C23H23ClFN3O2/c24-18-3-6-21-20(12-18)16(13-27-21)8-10-28-14-17(11-22(28)29)23(30)26-9-7-15-1-4-19(25)5-2-15/h1-6,12-13,17,27H,7-11,14H2,(H,26,30)/t17-/m0/s1. The molecule has 2 N–H and O–H groups in total. The van der Waals surface area contributed by atoms with E-state index in [0.717, 1.165) is 22.0 Å². The monoisotopic (exact) mass is 427 g/mol. The van der Waals surface area contributed by atoms with Crippen LogP contribution >= 0.6 is 11.6 Å². The van der Waals surface area contributed by atoms with Crippen LogP contribution in [0.2, 0.25) is 5.02 Å². The molecule has 2 aromatic carbocycles. The molecule has 30 heavy (non-hydrogen) atoms. The average molecular weight is 428 g/mol. The van der Waals surface area contributed by atoms with Gasteiger partial charge in [-0.3, -0.25) is 9.59 Å². The number of nitrogens with one attached hydrogen (secondary N) is 2. The lowest BCUT2D eigenvalue weighted by molar-refractivity contribution is -0.129. The second kappa shape index (κ2) is 8.88. The Hall–Kier alpha value is -2.86. The Morgan fingerprint density at radius 2 is 2.00 bits per heavy atom. The Morgan fingerprint density at radius 1 is 1.20 bits per heavy atom. The van der Waals surface area contributed by atoms with E-state index in [1.807, 2.05) is 24.4 Å². The van der Waals surface area contributed by atoms with E-state index in [1.54, 1.807) is 17.0 Å². The molecule has 0 aliphatic carbocycles. The number of halogens is 2. The van der Waals surface area contributed by atoms with E-state index in [4.69, 9.17) is 11.6 Å². The Labute approximate surface area is 179 Å². The molecule has 5 nitrogen and oxygen atoms in total. The topological polar surface area (TPSA) is 65.2 Å². The number of carbonyl (C=O) groups is 2. The highest BCUT2D eigenvalue weighted by Crippen LogP contribution is 2.24. The first kappa shape index (κ1) is 20.4. The molecule has 1 fully saturated rings. The smallest absolute Gasteiger partial charge is 0.225 e. The molecule has 3 aromatic rings. The molecular formula is C23H23ClFN3O2. The molecule has 1 saturated heterocycles. The largest absolute Gasteiger partial charge is 0.361 e. The SMILES string of the molecule is O=C(NCCc1ccc(F)cc1)[C@H]1CC(=O)N(CCc2c[nH]c3ccc(Cl)cc23)C1. The first-order valence-corrected chi connectivity index (χ1v) is 10.4. The number of carbonyl (C=O) groups excluding carboxylic acids is 2. The quantitative estimate of drug-likeness (QED) is 0.603. The van der Waals surface area contributed by atoms with Crippen molar-refractivity contribution in [3.63, 3.8) is 0 Å². The van der Waals surface area contributed by atoms with E-state index in [1.165, 1.54) is 12.1 Å². The predicted molar refractivity (Wildman–Crippen MR) is 115 cm³/mol. The molecule has 2 amide bonds. The van der Waals surface area contributed by atoms with Gasteiger partial charge in [0.25, 0.3) is 0 Å². The zero-order valence-corrected chi connectivity index (χ0v) is 17.2. The highest BCUT2D eigenvalue weighted by molar-refractivity contribution is 6.31.